The molecule has 100 valence electrons. The van der Waals surface area contributed by atoms with E-state index < -0.39 is 5.95 Å². The van der Waals surface area contributed by atoms with E-state index in [1.54, 1.807) is 6.07 Å². The highest BCUT2D eigenvalue weighted by molar-refractivity contribution is 5.35. The maximum atomic E-state index is 13.1. The van der Waals surface area contributed by atoms with Crippen LogP contribution < -0.4 is 5.32 Å². The lowest BCUT2D eigenvalue weighted by Gasteiger charge is -2.45. The number of aromatic nitrogens is 1. The fourth-order valence-corrected chi connectivity index (χ4v) is 3.65. The number of halogens is 1. The Labute approximate surface area is 109 Å². The number of nitrogens with zero attached hydrogens (tertiary/aromatic N) is 1. The molecule has 2 nitrogen and oxygen atoms in total. The molecule has 1 aliphatic rings. The second kappa shape index (κ2) is 4.52. The van der Waals surface area contributed by atoms with E-state index in [-0.39, 0.29) is 0 Å². The second-order valence-corrected chi connectivity index (χ2v) is 7.10. The third-order valence-corrected chi connectivity index (χ3v) is 3.62. The monoisotopic (exact) mass is 250 g/mol. The Morgan fingerprint density at radius 2 is 1.78 bits per heavy atom. The van der Waals surface area contributed by atoms with Gasteiger partial charge in [-0.3, -0.25) is 0 Å². The fourth-order valence-electron chi connectivity index (χ4n) is 3.65. The molecule has 1 heterocycles. The molecule has 0 radical (unpaired) electrons. The molecule has 0 unspecified atom stereocenters. The van der Waals surface area contributed by atoms with Gasteiger partial charge < -0.3 is 5.32 Å². The van der Waals surface area contributed by atoms with Gasteiger partial charge in [0.2, 0.25) is 5.95 Å². The Hall–Kier alpha value is -1.12. The third kappa shape index (κ3) is 3.44. The van der Waals surface area contributed by atoms with E-state index in [2.05, 4.69) is 38.0 Å². The molecule has 0 spiro atoms. The smallest absolute Gasteiger partial charge is 0.214 e. The highest BCUT2D eigenvalue weighted by atomic mass is 19.1. The Kier molecular flexibility index (Phi) is 3.35. The molecular formula is C15H23FN2. The van der Waals surface area contributed by atoms with Crippen molar-refractivity contribution in [2.75, 3.05) is 5.32 Å². The molecule has 1 N–H and O–H groups in total. The summed E-state index contributed by atoms with van der Waals surface area (Å²) in [6, 6.07) is 5.28. The summed E-state index contributed by atoms with van der Waals surface area (Å²) in [5.74, 6) is 0.225. The predicted octanol–water partition coefficient (Wildman–Crippen LogP) is 4.24. The maximum absolute atomic E-state index is 13.1. The van der Waals surface area contributed by atoms with Crippen LogP contribution in [0, 0.1) is 16.8 Å². The summed E-state index contributed by atoms with van der Waals surface area (Å²) in [5.41, 5.74) is 0.652. The van der Waals surface area contributed by atoms with Crippen molar-refractivity contribution >= 4 is 5.82 Å². The molecule has 2 rings (SSSR count). The van der Waals surface area contributed by atoms with Crippen LogP contribution in [0.15, 0.2) is 18.2 Å². The summed E-state index contributed by atoms with van der Waals surface area (Å²) in [7, 11) is 0. The van der Waals surface area contributed by atoms with Crippen molar-refractivity contribution in [2.45, 2.75) is 53.0 Å². The van der Waals surface area contributed by atoms with Gasteiger partial charge in [-0.25, -0.2) is 4.98 Å². The van der Waals surface area contributed by atoms with E-state index in [1.165, 1.54) is 12.5 Å². The zero-order valence-corrected chi connectivity index (χ0v) is 11.8. The second-order valence-electron chi connectivity index (χ2n) is 7.10. The zero-order chi connectivity index (χ0) is 13.4. The average molecular weight is 250 g/mol. The van der Waals surface area contributed by atoms with E-state index in [0.717, 1.165) is 12.8 Å². The van der Waals surface area contributed by atoms with Crippen molar-refractivity contribution < 1.29 is 4.39 Å². The molecule has 1 saturated carbocycles. The molecule has 18 heavy (non-hydrogen) atoms. The summed E-state index contributed by atoms with van der Waals surface area (Å²) in [6.45, 7) is 9.23. The van der Waals surface area contributed by atoms with E-state index in [1.807, 2.05) is 6.07 Å². The summed E-state index contributed by atoms with van der Waals surface area (Å²) >= 11 is 0. The van der Waals surface area contributed by atoms with Gasteiger partial charge in [-0.1, -0.05) is 33.8 Å². The lowest BCUT2D eigenvalue weighted by Crippen LogP contribution is -2.40. The fraction of sp³-hybridized carbons (Fsp3) is 0.667. The van der Waals surface area contributed by atoms with Crippen LogP contribution in [0.5, 0.6) is 0 Å². The SMILES string of the molecule is CC1(C)CC(Nc2cccc(F)n2)CC(C)(C)C1. The van der Waals surface area contributed by atoms with Crippen molar-refractivity contribution in [3.05, 3.63) is 24.1 Å². The van der Waals surface area contributed by atoms with Crippen molar-refractivity contribution in [3.63, 3.8) is 0 Å². The van der Waals surface area contributed by atoms with Crippen LogP contribution in [-0.2, 0) is 0 Å². The molecule has 1 aromatic heterocycles. The number of hydrogen-bond donors (Lipinski definition) is 1. The van der Waals surface area contributed by atoms with Crippen molar-refractivity contribution in [1.29, 1.82) is 0 Å². The summed E-state index contributed by atoms with van der Waals surface area (Å²) in [4.78, 5) is 3.89. The van der Waals surface area contributed by atoms with Crippen LogP contribution in [-0.4, -0.2) is 11.0 Å². The molecule has 3 heteroatoms. The van der Waals surface area contributed by atoms with Crippen LogP contribution >= 0.6 is 0 Å². The van der Waals surface area contributed by atoms with Gasteiger partial charge in [-0.15, -0.1) is 0 Å². The van der Waals surface area contributed by atoms with Crippen LogP contribution in [0.1, 0.15) is 47.0 Å². The van der Waals surface area contributed by atoms with Gasteiger partial charge in [0.1, 0.15) is 5.82 Å². The van der Waals surface area contributed by atoms with Gasteiger partial charge in [-0.2, -0.15) is 4.39 Å². The molecule has 0 atom stereocenters. The van der Waals surface area contributed by atoms with Crippen molar-refractivity contribution in [3.8, 4) is 0 Å². The Morgan fingerprint density at radius 1 is 1.17 bits per heavy atom. The lowest BCUT2D eigenvalue weighted by atomic mass is 9.63. The maximum Gasteiger partial charge on any atom is 0.214 e. The normalized spacial score (nSPS) is 22.7. The quantitative estimate of drug-likeness (QED) is 0.794. The molecule has 1 aromatic rings. The third-order valence-electron chi connectivity index (χ3n) is 3.62. The van der Waals surface area contributed by atoms with Crippen LogP contribution in [0.4, 0.5) is 10.2 Å². The number of hydrogen-bond acceptors (Lipinski definition) is 2. The molecule has 0 bridgehead atoms. The van der Waals surface area contributed by atoms with E-state index in [4.69, 9.17) is 0 Å². The summed E-state index contributed by atoms with van der Waals surface area (Å²) in [5, 5.41) is 3.38. The van der Waals surface area contributed by atoms with Gasteiger partial charge in [0.25, 0.3) is 0 Å². The van der Waals surface area contributed by atoms with Gasteiger partial charge >= 0.3 is 0 Å². The van der Waals surface area contributed by atoms with Crippen LogP contribution in [0.25, 0.3) is 0 Å². The lowest BCUT2D eigenvalue weighted by molar-refractivity contribution is 0.105. The highest BCUT2D eigenvalue weighted by Crippen LogP contribution is 2.46. The topological polar surface area (TPSA) is 24.9 Å². The largest absolute Gasteiger partial charge is 0.367 e. The Bertz CT molecular complexity index is 410. The number of rotatable bonds is 2. The van der Waals surface area contributed by atoms with E-state index in [9.17, 15) is 4.39 Å². The van der Waals surface area contributed by atoms with Crippen molar-refractivity contribution in [1.82, 2.24) is 4.98 Å². The molecule has 0 aromatic carbocycles. The van der Waals surface area contributed by atoms with Gasteiger partial charge in [0.15, 0.2) is 0 Å². The molecule has 0 aliphatic heterocycles. The number of anilines is 1. The van der Waals surface area contributed by atoms with Gasteiger partial charge in [-0.05, 0) is 42.2 Å². The van der Waals surface area contributed by atoms with Crippen LogP contribution in [0.3, 0.4) is 0 Å². The summed E-state index contributed by atoms with van der Waals surface area (Å²) in [6.07, 6.45) is 3.44. The highest BCUT2D eigenvalue weighted by Gasteiger charge is 2.38. The predicted molar refractivity (Wildman–Crippen MR) is 73.0 cm³/mol. The number of nitrogens with one attached hydrogen (secondary N) is 1. The first kappa shape index (κ1) is 13.3. The molecule has 1 aliphatic carbocycles. The minimum Gasteiger partial charge on any atom is -0.367 e. The Morgan fingerprint density at radius 3 is 2.33 bits per heavy atom. The minimum absolute atomic E-state index is 0.326. The first-order valence-electron chi connectivity index (χ1n) is 6.65. The van der Waals surface area contributed by atoms with E-state index >= 15 is 0 Å². The van der Waals surface area contributed by atoms with Crippen LogP contribution in [0.2, 0.25) is 0 Å². The zero-order valence-electron chi connectivity index (χ0n) is 11.8. The molecule has 1 fully saturated rings. The molecule has 0 amide bonds. The first-order chi connectivity index (χ1) is 8.26. The number of pyridine rings is 1. The summed E-state index contributed by atoms with van der Waals surface area (Å²) < 4.78 is 13.1. The minimum atomic E-state index is -0.422. The first-order valence-corrected chi connectivity index (χ1v) is 6.65. The standard InChI is InChI=1S/C15H23FN2/c1-14(2)8-11(9-15(3,4)10-14)17-13-7-5-6-12(16)18-13/h5-7,11H,8-10H2,1-4H3,(H,17,18). The van der Waals surface area contributed by atoms with Gasteiger partial charge in [0.05, 0.1) is 0 Å². The molecular weight excluding hydrogens is 227 g/mol. The van der Waals surface area contributed by atoms with E-state index in [0.29, 0.717) is 22.7 Å². The molecule has 0 saturated heterocycles. The average Bonchev–Trinajstić information content (AvgIpc) is 2.11. The van der Waals surface area contributed by atoms with Gasteiger partial charge in [0, 0.05) is 6.04 Å². The van der Waals surface area contributed by atoms with Crippen molar-refractivity contribution in [2.24, 2.45) is 10.8 Å². The Balaban J connectivity index is 2.09.